The average Bonchev–Trinajstić information content (AvgIpc) is 2.98. The summed E-state index contributed by atoms with van der Waals surface area (Å²) < 4.78 is 12.5. The molecule has 0 heterocycles. The lowest BCUT2D eigenvalue weighted by atomic mass is 9.80. The zero-order valence-corrected chi connectivity index (χ0v) is 28.1. The number of rotatable bonds is 15. The summed E-state index contributed by atoms with van der Waals surface area (Å²) in [6.45, 7) is 14.7. The molecule has 4 rings (SSSR count). The Labute approximate surface area is 271 Å². The monoisotopic (exact) mass is 632 g/mol. The van der Waals surface area contributed by atoms with E-state index in [0.717, 1.165) is 38.0 Å². The van der Waals surface area contributed by atoms with Gasteiger partial charge in [0, 0.05) is 15.4 Å². The van der Waals surface area contributed by atoms with Crippen LogP contribution >= 0.6 is 11.8 Å². The van der Waals surface area contributed by atoms with Crippen LogP contribution < -0.4 is 4.74 Å². The van der Waals surface area contributed by atoms with E-state index in [2.05, 4.69) is 70.7 Å². The van der Waals surface area contributed by atoms with Gasteiger partial charge in [0.25, 0.3) is 0 Å². The maximum absolute atomic E-state index is 9.56. The summed E-state index contributed by atoms with van der Waals surface area (Å²) in [6.07, 6.45) is 0. The quantitative estimate of drug-likeness (QED) is 0.0790. The molecule has 0 amide bonds. The number of ether oxygens (including phenoxy) is 2. The van der Waals surface area contributed by atoms with Crippen LogP contribution in [0.15, 0.2) is 82.6 Å². The van der Waals surface area contributed by atoms with Crippen molar-refractivity contribution in [3.05, 3.63) is 101 Å². The van der Waals surface area contributed by atoms with E-state index in [1.54, 1.807) is 23.9 Å². The van der Waals surface area contributed by atoms with Crippen molar-refractivity contribution in [1.29, 1.82) is 0 Å². The predicted octanol–water partition coefficient (Wildman–Crippen LogP) is 9.27. The lowest BCUT2D eigenvalue weighted by molar-refractivity contribution is -0.334. The lowest BCUT2D eigenvalue weighted by Crippen LogP contribution is -2.15. The highest BCUT2D eigenvalue weighted by Crippen LogP contribution is 2.38. The molecule has 0 aliphatic carbocycles. The Morgan fingerprint density at radius 2 is 1.20 bits per heavy atom. The highest BCUT2D eigenvalue weighted by molar-refractivity contribution is 7.99. The zero-order chi connectivity index (χ0) is 32.4. The topological polar surface area (TPSA) is 75.6 Å². The van der Waals surface area contributed by atoms with Crippen LogP contribution in [0.5, 0.6) is 17.2 Å². The molecule has 8 heteroatoms. The smallest absolute Gasteiger partial charge is 0.135 e. The second-order valence-electron chi connectivity index (χ2n) is 11.9. The Bertz CT molecular complexity index is 1500. The van der Waals surface area contributed by atoms with Gasteiger partial charge in [-0.2, -0.15) is 0 Å². The summed E-state index contributed by atoms with van der Waals surface area (Å²) in [5.74, 6) is 1.76. The molecule has 0 spiro atoms. The summed E-state index contributed by atoms with van der Waals surface area (Å²) in [4.78, 5) is 21.7. The third-order valence-electron chi connectivity index (χ3n) is 7.10. The highest BCUT2D eigenvalue weighted by Gasteiger charge is 2.20. The van der Waals surface area contributed by atoms with E-state index in [-0.39, 0.29) is 31.0 Å². The van der Waals surface area contributed by atoms with Crippen molar-refractivity contribution >= 4 is 11.8 Å². The van der Waals surface area contributed by atoms with Gasteiger partial charge in [-0.25, -0.2) is 19.6 Å². The van der Waals surface area contributed by atoms with Crippen LogP contribution in [0.25, 0.3) is 11.1 Å². The standard InChI is InChI=1S/C37H44O7S/c1-25-20-28(21-26(2)35(25)37(4,5)6)29-22-27(3)36(30(23-29)24-40-16-17-42-43-19-18-41-39-7)44-32-10-14-34(15-11-32)45-33-12-8-31(38)9-13-33/h8-15,20-23,38H,16-19,24H2,1-7H3. The van der Waals surface area contributed by atoms with Crippen LogP contribution in [0.2, 0.25) is 0 Å². The molecule has 0 unspecified atom stereocenters. The molecule has 0 aromatic heterocycles. The number of phenolic OH excluding ortho intramolecular Hbond substituents is 1. The van der Waals surface area contributed by atoms with Gasteiger partial charge < -0.3 is 14.6 Å². The van der Waals surface area contributed by atoms with Gasteiger partial charge in [0.05, 0.1) is 20.3 Å². The first kappa shape index (κ1) is 34.5. The van der Waals surface area contributed by atoms with Gasteiger partial charge in [0.15, 0.2) is 0 Å². The number of phenols is 1. The molecule has 0 saturated carbocycles. The van der Waals surface area contributed by atoms with Crippen molar-refractivity contribution in [3.8, 4) is 28.4 Å². The third kappa shape index (κ3) is 10.1. The van der Waals surface area contributed by atoms with Gasteiger partial charge in [-0.3, -0.25) is 0 Å². The molecule has 0 bridgehead atoms. The maximum atomic E-state index is 9.56. The van der Waals surface area contributed by atoms with Crippen LogP contribution in [0.3, 0.4) is 0 Å². The Morgan fingerprint density at radius 3 is 1.80 bits per heavy atom. The molecule has 4 aromatic carbocycles. The first-order valence-corrected chi connectivity index (χ1v) is 15.8. The number of benzene rings is 4. The Balaban J connectivity index is 1.54. The fourth-order valence-electron chi connectivity index (χ4n) is 5.47. The van der Waals surface area contributed by atoms with Crippen LogP contribution in [-0.4, -0.2) is 38.6 Å². The van der Waals surface area contributed by atoms with E-state index >= 15 is 0 Å². The molecule has 0 radical (unpaired) electrons. The van der Waals surface area contributed by atoms with E-state index in [9.17, 15) is 5.11 Å². The van der Waals surface area contributed by atoms with E-state index in [1.807, 2.05) is 36.4 Å². The minimum Gasteiger partial charge on any atom is -0.508 e. The molecule has 0 saturated heterocycles. The molecule has 4 aromatic rings. The van der Waals surface area contributed by atoms with Crippen LogP contribution in [0.4, 0.5) is 0 Å². The van der Waals surface area contributed by atoms with Crippen molar-refractivity contribution < 1.29 is 34.1 Å². The van der Waals surface area contributed by atoms with Crippen molar-refractivity contribution in [2.45, 2.75) is 63.4 Å². The van der Waals surface area contributed by atoms with Crippen LogP contribution in [0, 0.1) is 20.8 Å². The van der Waals surface area contributed by atoms with Crippen molar-refractivity contribution in [3.63, 3.8) is 0 Å². The minimum absolute atomic E-state index is 0.0695. The lowest BCUT2D eigenvalue weighted by Gasteiger charge is -2.25. The van der Waals surface area contributed by atoms with Crippen molar-refractivity contribution in [2.24, 2.45) is 0 Å². The van der Waals surface area contributed by atoms with Gasteiger partial charge in [0.2, 0.25) is 0 Å². The molecule has 0 fully saturated rings. The highest BCUT2D eigenvalue weighted by atomic mass is 32.2. The molecule has 0 aliphatic rings. The number of hydrogen-bond acceptors (Lipinski definition) is 8. The second kappa shape index (κ2) is 16.3. The number of aryl methyl sites for hydroxylation is 3. The second-order valence-corrected chi connectivity index (χ2v) is 13.0. The molecular weight excluding hydrogens is 588 g/mol. The Morgan fingerprint density at radius 1 is 0.667 bits per heavy atom. The Hall–Kier alpha value is -3.37. The van der Waals surface area contributed by atoms with Crippen LogP contribution in [0.1, 0.15) is 48.6 Å². The molecule has 0 atom stereocenters. The van der Waals surface area contributed by atoms with E-state index in [4.69, 9.17) is 24.1 Å². The largest absolute Gasteiger partial charge is 0.508 e. The maximum Gasteiger partial charge on any atom is 0.135 e. The van der Waals surface area contributed by atoms with E-state index in [1.165, 1.54) is 29.4 Å². The predicted molar refractivity (Wildman–Crippen MR) is 178 cm³/mol. The summed E-state index contributed by atoms with van der Waals surface area (Å²) in [6, 6.07) is 24.1. The number of aromatic hydroxyl groups is 1. The van der Waals surface area contributed by atoms with Gasteiger partial charge in [-0.1, -0.05) is 44.7 Å². The number of hydrogen-bond donors (Lipinski definition) is 1. The van der Waals surface area contributed by atoms with Crippen molar-refractivity contribution in [1.82, 2.24) is 0 Å². The van der Waals surface area contributed by atoms with E-state index < -0.39 is 0 Å². The summed E-state index contributed by atoms with van der Waals surface area (Å²) in [5, 5.41) is 9.56. The van der Waals surface area contributed by atoms with Gasteiger partial charge in [-0.05, 0) is 120 Å². The van der Waals surface area contributed by atoms with Gasteiger partial charge >= 0.3 is 0 Å². The van der Waals surface area contributed by atoms with Crippen molar-refractivity contribution in [2.75, 3.05) is 33.5 Å². The first-order valence-electron chi connectivity index (χ1n) is 15.0. The van der Waals surface area contributed by atoms with Crippen LogP contribution in [-0.2, 0) is 36.3 Å². The summed E-state index contributed by atoms with van der Waals surface area (Å²) >= 11 is 1.62. The third-order valence-corrected chi connectivity index (χ3v) is 8.12. The normalized spacial score (nSPS) is 11.6. The Kier molecular flexibility index (Phi) is 12.5. The first-order chi connectivity index (χ1) is 21.5. The molecule has 1 N–H and O–H groups in total. The zero-order valence-electron chi connectivity index (χ0n) is 27.3. The van der Waals surface area contributed by atoms with Gasteiger partial charge in [-0.15, -0.1) is 0 Å². The summed E-state index contributed by atoms with van der Waals surface area (Å²) in [5.41, 5.74) is 8.26. The summed E-state index contributed by atoms with van der Waals surface area (Å²) in [7, 11) is 1.44. The van der Waals surface area contributed by atoms with Gasteiger partial charge in [0.1, 0.15) is 37.1 Å². The molecule has 45 heavy (non-hydrogen) atoms. The molecular formula is C37H44O7S. The van der Waals surface area contributed by atoms with E-state index in [0.29, 0.717) is 13.2 Å². The fraction of sp³-hybridized carbons (Fsp3) is 0.351. The SMILES string of the molecule is COOCCOOCCOCc1cc(-c2cc(C)c(C(C)(C)C)c(C)c2)cc(C)c1Oc1ccc(Sc2ccc(O)cc2)cc1. The molecule has 240 valence electrons. The minimum atomic E-state index is 0.0695. The molecule has 0 aliphatic heterocycles. The fourth-order valence-corrected chi connectivity index (χ4v) is 6.28. The molecule has 7 nitrogen and oxygen atoms in total. The average molecular weight is 633 g/mol.